The van der Waals surface area contributed by atoms with Crippen molar-refractivity contribution in [1.29, 1.82) is 0 Å². The number of hydrogen-bond acceptors (Lipinski definition) is 2. The maximum absolute atomic E-state index is 13.5. The van der Waals surface area contributed by atoms with Crippen LogP contribution in [0.15, 0.2) is 29.3 Å². The van der Waals surface area contributed by atoms with Crippen LogP contribution in [-0.4, -0.2) is 60.9 Å². The Balaban J connectivity index is 1.37. The third-order valence-corrected chi connectivity index (χ3v) is 5.63. The van der Waals surface area contributed by atoms with E-state index in [0.29, 0.717) is 12.6 Å². The maximum atomic E-state index is 13.5. The van der Waals surface area contributed by atoms with E-state index in [1.807, 2.05) is 15.9 Å². The van der Waals surface area contributed by atoms with E-state index in [9.17, 15) is 9.18 Å². The summed E-state index contributed by atoms with van der Waals surface area (Å²) >= 11 is 0. The zero-order valence-corrected chi connectivity index (χ0v) is 14.7. The first kappa shape index (κ1) is 16.4. The zero-order chi connectivity index (χ0) is 17.4. The Hall–Kier alpha value is -2.11. The number of benzene rings is 1. The molecule has 0 atom stereocenters. The number of carbonyl (C=O) groups is 1. The zero-order valence-electron chi connectivity index (χ0n) is 14.7. The van der Waals surface area contributed by atoms with Gasteiger partial charge in [0.15, 0.2) is 5.96 Å². The van der Waals surface area contributed by atoms with Gasteiger partial charge in [-0.1, -0.05) is 12.1 Å². The van der Waals surface area contributed by atoms with E-state index in [0.717, 1.165) is 56.8 Å². The van der Waals surface area contributed by atoms with Gasteiger partial charge in [-0.25, -0.2) is 4.39 Å². The molecule has 1 heterocycles. The van der Waals surface area contributed by atoms with Gasteiger partial charge in [-0.2, -0.15) is 0 Å². The van der Waals surface area contributed by atoms with Gasteiger partial charge in [0.05, 0.1) is 6.54 Å². The Morgan fingerprint density at radius 2 is 2.16 bits per heavy atom. The number of piperazine rings is 1. The average molecular weight is 344 g/mol. The van der Waals surface area contributed by atoms with E-state index in [1.54, 1.807) is 19.2 Å². The Morgan fingerprint density at radius 3 is 2.76 bits per heavy atom. The largest absolute Gasteiger partial charge is 0.355 e. The minimum Gasteiger partial charge on any atom is -0.355 e. The summed E-state index contributed by atoms with van der Waals surface area (Å²) in [4.78, 5) is 20.7. The van der Waals surface area contributed by atoms with Crippen LogP contribution in [0.25, 0.3) is 0 Å². The minimum absolute atomic E-state index is 0.00210. The highest BCUT2D eigenvalue weighted by atomic mass is 19.1. The number of aliphatic imine (C=N–C) groups is 1. The van der Waals surface area contributed by atoms with E-state index in [4.69, 9.17) is 0 Å². The smallest absolute Gasteiger partial charge is 0.242 e. The van der Waals surface area contributed by atoms with Crippen LogP contribution >= 0.6 is 0 Å². The molecule has 0 radical (unpaired) electrons. The molecule has 0 spiro atoms. The number of rotatable bonds is 4. The van der Waals surface area contributed by atoms with Crippen LogP contribution < -0.4 is 5.32 Å². The summed E-state index contributed by atoms with van der Waals surface area (Å²) in [6, 6.07) is 7.37. The lowest BCUT2D eigenvalue weighted by molar-refractivity contribution is -0.135. The number of nitrogens with zero attached hydrogens (tertiary/aromatic N) is 3. The van der Waals surface area contributed by atoms with E-state index in [2.05, 4.69) is 10.3 Å². The fourth-order valence-electron chi connectivity index (χ4n) is 3.76. The molecule has 1 N–H and O–H groups in total. The average Bonchev–Trinajstić information content (AvgIpc) is 3.50. The van der Waals surface area contributed by atoms with E-state index < -0.39 is 0 Å². The Morgan fingerprint density at radius 1 is 1.36 bits per heavy atom. The molecular weight excluding hydrogens is 319 g/mol. The van der Waals surface area contributed by atoms with Crippen molar-refractivity contribution in [2.24, 2.45) is 4.99 Å². The maximum Gasteiger partial charge on any atom is 0.242 e. The molecule has 0 aromatic heterocycles. The minimum atomic E-state index is -0.185. The Kier molecular flexibility index (Phi) is 4.13. The molecule has 4 rings (SSSR count). The van der Waals surface area contributed by atoms with E-state index >= 15 is 0 Å². The normalized spacial score (nSPS) is 23.0. The van der Waals surface area contributed by atoms with Crippen molar-refractivity contribution < 1.29 is 9.18 Å². The van der Waals surface area contributed by atoms with Crippen molar-refractivity contribution in [2.75, 3.05) is 33.2 Å². The van der Waals surface area contributed by atoms with Crippen LogP contribution in [0.5, 0.6) is 0 Å². The van der Waals surface area contributed by atoms with Crippen LogP contribution in [0.1, 0.15) is 31.2 Å². The lowest BCUT2D eigenvalue weighted by Gasteiger charge is -2.36. The predicted molar refractivity (Wildman–Crippen MR) is 95.0 cm³/mol. The highest BCUT2D eigenvalue weighted by Gasteiger charge is 2.44. The monoisotopic (exact) mass is 344 g/mol. The molecule has 1 aliphatic heterocycles. The lowest BCUT2D eigenvalue weighted by Crippen LogP contribution is -2.56. The summed E-state index contributed by atoms with van der Waals surface area (Å²) in [6.07, 6.45) is 4.40. The molecule has 0 unspecified atom stereocenters. The summed E-state index contributed by atoms with van der Waals surface area (Å²) in [5.41, 5.74) is 1.04. The standard InChI is InChI=1S/C19H25FN4O/c1-21-18(23-9-10-24(16-5-6-16)17(25)12-23)22-13-19(7-8-19)14-3-2-4-15(20)11-14/h2-4,11,16H,5-10,12-13H2,1H3,(H,21,22). The topological polar surface area (TPSA) is 47.9 Å². The van der Waals surface area contributed by atoms with Gasteiger partial charge in [0.2, 0.25) is 5.91 Å². The third kappa shape index (κ3) is 3.34. The molecule has 2 aliphatic carbocycles. The molecule has 5 nitrogen and oxygen atoms in total. The number of guanidine groups is 1. The Labute approximate surface area is 147 Å². The molecule has 3 aliphatic rings. The van der Waals surface area contributed by atoms with Gasteiger partial charge in [0.25, 0.3) is 0 Å². The molecule has 1 saturated heterocycles. The molecule has 1 amide bonds. The number of carbonyl (C=O) groups excluding carboxylic acids is 1. The fourth-order valence-corrected chi connectivity index (χ4v) is 3.76. The number of amides is 1. The summed E-state index contributed by atoms with van der Waals surface area (Å²) < 4.78 is 13.5. The predicted octanol–water partition coefficient (Wildman–Crippen LogP) is 1.74. The second-order valence-corrected chi connectivity index (χ2v) is 7.43. The molecule has 0 bridgehead atoms. The van der Waals surface area contributed by atoms with Crippen molar-refractivity contribution in [3.05, 3.63) is 35.6 Å². The van der Waals surface area contributed by atoms with Crippen molar-refractivity contribution in [3.63, 3.8) is 0 Å². The fraction of sp³-hybridized carbons (Fsp3) is 0.579. The molecule has 3 fully saturated rings. The van der Waals surface area contributed by atoms with Gasteiger partial charge >= 0.3 is 0 Å². The Bertz CT molecular complexity index is 696. The van der Waals surface area contributed by atoms with Gasteiger partial charge in [-0.3, -0.25) is 9.79 Å². The quantitative estimate of drug-likeness (QED) is 0.669. The van der Waals surface area contributed by atoms with Gasteiger partial charge in [-0.15, -0.1) is 0 Å². The first-order chi connectivity index (χ1) is 12.1. The second-order valence-electron chi connectivity index (χ2n) is 7.43. The van der Waals surface area contributed by atoms with Crippen LogP contribution in [-0.2, 0) is 10.2 Å². The second kappa shape index (κ2) is 6.32. The summed E-state index contributed by atoms with van der Waals surface area (Å²) in [6.45, 7) is 2.71. The molecule has 6 heteroatoms. The first-order valence-electron chi connectivity index (χ1n) is 9.12. The van der Waals surface area contributed by atoms with Gasteiger partial charge in [0.1, 0.15) is 5.82 Å². The molecule has 1 aromatic rings. The van der Waals surface area contributed by atoms with Crippen LogP contribution in [0, 0.1) is 5.82 Å². The number of hydrogen-bond donors (Lipinski definition) is 1. The highest BCUT2D eigenvalue weighted by molar-refractivity contribution is 5.88. The first-order valence-corrected chi connectivity index (χ1v) is 9.12. The number of halogens is 1. The van der Waals surface area contributed by atoms with Crippen LogP contribution in [0.3, 0.4) is 0 Å². The van der Waals surface area contributed by atoms with Crippen molar-refractivity contribution in [2.45, 2.75) is 37.1 Å². The highest BCUT2D eigenvalue weighted by Crippen LogP contribution is 2.47. The van der Waals surface area contributed by atoms with Crippen LogP contribution in [0.4, 0.5) is 4.39 Å². The molecule has 25 heavy (non-hydrogen) atoms. The van der Waals surface area contributed by atoms with Crippen LogP contribution in [0.2, 0.25) is 0 Å². The molecule has 2 saturated carbocycles. The van der Waals surface area contributed by atoms with Gasteiger partial charge < -0.3 is 15.1 Å². The van der Waals surface area contributed by atoms with E-state index in [-0.39, 0.29) is 17.1 Å². The SMILES string of the molecule is CN=C(NCC1(c2cccc(F)c2)CC1)N1CCN(C2CC2)C(=O)C1. The molecular formula is C19H25FN4O. The molecule has 1 aromatic carbocycles. The lowest BCUT2D eigenvalue weighted by atomic mass is 9.96. The van der Waals surface area contributed by atoms with Gasteiger partial charge in [0, 0.05) is 38.1 Å². The molecule has 134 valence electrons. The summed E-state index contributed by atoms with van der Waals surface area (Å²) in [5.74, 6) is 0.782. The van der Waals surface area contributed by atoms with E-state index in [1.165, 1.54) is 6.07 Å². The van der Waals surface area contributed by atoms with Crippen molar-refractivity contribution in [3.8, 4) is 0 Å². The summed E-state index contributed by atoms with van der Waals surface area (Å²) in [5, 5.41) is 3.42. The summed E-state index contributed by atoms with van der Waals surface area (Å²) in [7, 11) is 1.75. The third-order valence-electron chi connectivity index (χ3n) is 5.63. The number of nitrogens with one attached hydrogen (secondary N) is 1. The van der Waals surface area contributed by atoms with Crippen molar-refractivity contribution in [1.82, 2.24) is 15.1 Å². The van der Waals surface area contributed by atoms with Gasteiger partial charge in [-0.05, 0) is 43.4 Å². The van der Waals surface area contributed by atoms with Crippen molar-refractivity contribution >= 4 is 11.9 Å².